The summed E-state index contributed by atoms with van der Waals surface area (Å²) in [5, 5.41) is 13.1. The highest BCUT2D eigenvalue weighted by molar-refractivity contribution is 5.89. The number of nitrogens with two attached hydrogens (primary N) is 1. The molecular weight excluding hydrogens is 294 g/mol. The molecule has 3 heteroatoms. The molecule has 1 aliphatic rings. The van der Waals surface area contributed by atoms with Crippen LogP contribution < -0.4 is 5.73 Å². The van der Waals surface area contributed by atoms with Crippen LogP contribution in [0.4, 0.5) is 0 Å². The molecule has 1 fully saturated rings. The lowest BCUT2D eigenvalue weighted by Crippen LogP contribution is -2.34. The van der Waals surface area contributed by atoms with Gasteiger partial charge in [0.2, 0.25) is 0 Å². The van der Waals surface area contributed by atoms with E-state index in [2.05, 4.69) is 37.3 Å². The van der Waals surface area contributed by atoms with E-state index in [4.69, 9.17) is 5.73 Å². The van der Waals surface area contributed by atoms with E-state index in [1.165, 1.54) is 35.6 Å². The fourth-order valence-electron chi connectivity index (χ4n) is 3.72. The van der Waals surface area contributed by atoms with Gasteiger partial charge in [0.15, 0.2) is 0 Å². The van der Waals surface area contributed by atoms with Crippen molar-refractivity contribution in [2.75, 3.05) is 0 Å². The van der Waals surface area contributed by atoms with Crippen LogP contribution in [0.2, 0.25) is 0 Å². The van der Waals surface area contributed by atoms with E-state index in [1.807, 2.05) is 6.07 Å². The molecular formula is C19H26ClNO. The summed E-state index contributed by atoms with van der Waals surface area (Å²) in [4.78, 5) is 0. The second-order valence-corrected chi connectivity index (χ2v) is 6.43. The van der Waals surface area contributed by atoms with Gasteiger partial charge < -0.3 is 10.8 Å². The zero-order valence-electron chi connectivity index (χ0n) is 13.2. The van der Waals surface area contributed by atoms with Crippen LogP contribution in [0.25, 0.3) is 10.8 Å². The summed E-state index contributed by atoms with van der Waals surface area (Å²) in [6.45, 7) is 2.12. The summed E-state index contributed by atoms with van der Waals surface area (Å²) in [6.07, 6.45) is 5.53. The summed E-state index contributed by atoms with van der Waals surface area (Å²) >= 11 is 0. The molecule has 0 bridgehead atoms. The molecule has 0 radical (unpaired) electrons. The Hall–Kier alpha value is -1.09. The van der Waals surface area contributed by atoms with Crippen molar-refractivity contribution < 1.29 is 5.11 Å². The lowest BCUT2D eigenvalue weighted by molar-refractivity contribution is 0.0622. The average molecular weight is 320 g/mol. The molecule has 3 rings (SSSR count). The number of hydrogen-bond donors (Lipinski definition) is 2. The van der Waals surface area contributed by atoms with Crippen LogP contribution in [0, 0.1) is 12.8 Å². The van der Waals surface area contributed by atoms with Gasteiger partial charge in [-0.15, -0.1) is 12.4 Å². The van der Waals surface area contributed by atoms with Crippen LogP contribution in [0.15, 0.2) is 36.4 Å². The van der Waals surface area contributed by atoms with Gasteiger partial charge in [0.05, 0.1) is 12.1 Å². The normalized spacial score (nSPS) is 18.7. The Morgan fingerprint density at radius 1 is 1.00 bits per heavy atom. The Bertz CT molecular complexity index is 622. The minimum absolute atomic E-state index is 0. The molecule has 120 valence electrons. The molecule has 22 heavy (non-hydrogen) atoms. The third kappa shape index (κ3) is 3.29. The molecule has 0 saturated heterocycles. The topological polar surface area (TPSA) is 46.2 Å². The molecule has 1 aliphatic carbocycles. The molecule has 2 nitrogen and oxygen atoms in total. The van der Waals surface area contributed by atoms with E-state index in [-0.39, 0.29) is 18.4 Å². The number of hydrogen-bond acceptors (Lipinski definition) is 2. The highest BCUT2D eigenvalue weighted by Gasteiger charge is 2.28. The van der Waals surface area contributed by atoms with E-state index in [0.29, 0.717) is 5.92 Å². The van der Waals surface area contributed by atoms with Crippen LogP contribution in [0.5, 0.6) is 0 Å². The largest absolute Gasteiger partial charge is 0.391 e. The highest BCUT2D eigenvalue weighted by atomic mass is 35.5. The monoisotopic (exact) mass is 319 g/mol. The smallest absolute Gasteiger partial charge is 0.0761 e. The number of aryl methyl sites for hydroxylation is 1. The first-order chi connectivity index (χ1) is 10.2. The van der Waals surface area contributed by atoms with Gasteiger partial charge >= 0.3 is 0 Å². The van der Waals surface area contributed by atoms with Gasteiger partial charge in [0, 0.05) is 0 Å². The van der Waals surface area contributed by atoms with Gasteiger partial charge in [-0.1, -0.05) is 55.7 Å². The first kappa shape index (κ1) is 17.3. The van der Waals surface area contributed by atoms with Gasteiger partial charge in [-0.25, -0.2) is 0 Å². The number of aliphatic hydroxyl groups excluding tert-OH is 1. The maximum atomic E-state index is 10.7. The second-order valence-electron chi connectivity index (χ2n) is 6.43. The molecule has 0 heterocycles. The zero-order valence-corrected chi connectivity index (χ0v) is 14.0. The predicted molar refractivity (Wildman–Crippen MR) is 95.4 cm³/mol. The Labute approximate surface area is 139 Å². The van der Waals surface area contributed by atoms with Crippen LogP contribution in [0.3, 0.4) is 0 Å². The molecule has 0 unspecified atom stereocenters. The summed E-state index contributed by atoms with van der Waals surface area (Å²) < 4.78 is 0. The fourth-order valence-corrected chi connectivity index (χ4v) is 3.72. The Balaban J connectivity index is 0.00000176. The molecule has 1 saturated carbocycles. The molecule has 3 N–H and O–H groups in total. The van der Waals surface area contributed by atoms with Crippen LogP contribution in [-0.4, -0.2) is 11.2 Å². The van der Waals surface area contributed by atoms with E-state index >= 15 is 0 Å². The molecule has 2 atom stereocenters. The summed E-state index contributed by atoms with van der Waals surface area (Å²) in [5.41, 5.74) is 8.77. The first-order valence-electron chi connectivity index (χ1n) is 8.10. The summed E-state index contributed by atoms with van der Waals surface area (Å²) in [7, 11) is 0. The van der Waals surface area contributed by atoms with Crippen molar-refractivity contribution in [2.45, 2.75) is 51.2 Å². The fraction of sp³-hybridized carbons (Fsp3) is 0.474. The number of fused-ring (bicyclic) bond motifs is 1. The number of aliphatic hydroxyl groups is 1. The quantitative estimate of drug-likeness (QED) is 0.874. The van der Waals surface area contributed by atoms with Crippen molar-refractivity contribution in [3.8, 4) is 0 Å². The van der Waals surface area contributed by atoms with Crippen LogP contribution in [-0.2, 0) is 0 Å². The van der Waals surface area contributed by atoms with Crippen LogP contribution in [0.1, 0.15) is 49.3 Å². The summed E-state index contributed by atoms with van der Waals surface area (Å²) in [5.74, 6) is 0.355. The van der Waals surface area contributed by atoms with E-state index in [1.54, 1.807) is 0 Å². The van der Waals surface area contributed by atoms with E-state index < -0.39 is 6.10 Å². The maximum Gasteiger partial charge on any atom is 0.0761 e. The Morgan fingerprint density at radius 3 is 2.32 bits per heavy atom. The predicted octanol–water partition coefficient (Wildman–Crippen LogP) is 4.51. The van der Waals surface area contributed by atoms with Crippen molar-refractivity contribution in [2.24, 2.45) is 11.7 Å². The molecule has 2 aromatic carbocycles. The maximum absolute atomic E-state index is 10.7. The van der Waals surface area contributed by atoms with E-state index in [0.717, 1.165) is 18.4 Å². The SMILES string of the molecule is Cc1ccc([C@@H](N)[C@@H](O)C2CCCCC2)c2ccccc12.Cl. The Morgan fingerprint density at radius 2 is 1.64 bits per heavy atom. The van der Waals surface area contributed by atoms with Crippen molar-refractivity contribution in [3.05, 3.63) is 47.5 Å². The standard InChI is InChI=1S/C19H25NO.ClH/c1-13-11-12-17(16-10-6-5-9-15(13)16)18(20)19(21)14-7-3-2-4-8-14;/h5-6,9-12,14,18-19,21H,2-4,7-8,20H2,1H3;1H/t18-,19+;/m1./s1. The third-order valence-electron chi connectivity index (χ3n) is 5.04. The number of halogens is 1. The highest BCUT2D eigenvalue weighted by Crippen LogP contribution is 2.34. The molecule has 0 aliphatic heterocycles. The van der Waals surface area contributed by atoms with Gasteiger partial charge in [-0.2, -0.15) is 0 Å². The van der Waals surface area contributed by atoms with Crippen LogP contribution >= 0.6 is 12.4 Å². The Kier molecular flexibility index (Phi) is 5.85. The zero-order chi connectivity index (χ0) is 14.8. The third-order valence-corrected chi connectivity index (χ3v) is 5.04. The molecule has 0 aromatic heterocycles. The first-order valence-corrected chi connectivity index (χ1v) is 8.10. The summed E-state index contributed by atoms with van der Waals surface area (Å²) in [6, 6.07) is 12.3. The lowest BCUT2D eigenvalue weighted by atomic mass is 9.80. The van der Waals surface area contributed by atoms with Gasteiger partial charge in [0.25, 0.3) is 0 Å². The molecule has 2 aromatic rings. The van der Waals surface area contributed by atoms with Gasteiger partial charge in [0.1, 0.15) is 0 Å². The van der Waals surface area contributed by atoms with Crippen molar-refractivity contribution in [3.63, 3.8) is 0 Å². The number of benzene rings is 2. The molecule has 0 amide bonds. The lowest BCUT2D eigenvalue weighted by Gasteiger charge is -2.31. The average Bonchev–Trinajstić information content (AvgIpc) is 2.55. The van der Waals surface area contributed by atoms with Gasteiger partial charge in [-0.05, 0) is 47.6 Å². The van der Waals surface area contributed by atoms with E-state index in [9.17, 15) is 5.11 Å². The van der Waals surface area contributed by atoms with Crippen molar-refractivity contribution in [1.82, 2.24) is 0 Å². The molecule has 0 spiro atoms. The van der Waals surface area contributed by atoms with Gasteiger partial charge in [-0.3, -0.25) is 0 Å². The second kappa shape index (κ2) is 7.45. The minimum Gasteiger partial charge on any atom is -0.391 e. The van der Waals surface area contributed by atoms with Crippen molar-refractivity contribution in [1.29, 1.82) is 0 Å². The van der Waals surface area contributed by atoms with Crippen molar-refractivity contribution >= 4 is 23.2 Å². The number of rotatable bonds is 3. The minimum atomic E-state index is -0.434.